The van der Waals surface area contributed by atoms with Crippen LogP contribution in [0.15, 0.2) is 97.3 Å². The summed E-state index contributed by atoms with van der Waals surface area (Å²) in [5.74, 6) is -3.52. The zero-order valence-corrected chi connectivity index (χ0v) is 30.8. The second-order valence-electron chi connectivity index (χ2n) is 13.7. The van der Waals surface area contributed by atoms with E-state index in [0.717, 1.165) is 51.8 Å². The Balaban J connectivity index is 1.42. The molecule has 0 saturated carbocycles. The molecule has 3 heterocycles. The summed E-state index contributed by atoms with van der Waals surface area (Å²) in [7, 11) is 4.51. The van der Waals surface area contributed by atoms with Crippen LogP contribution in [0.4, 0.5) is 0 Å². The van der Waals surface area contributed by atoms with Gasteiger partial charge in [-0.05, 0) is 79.7 Å². The first-order valence-electron chi connectivity index (χ1n) is 17.8. The number of carbonyl (C=O) groups excluding carboxylic acids is 1. The largest absolute Gasteiger partial charge is 0.496 e. The maximum absolute atomic E-state index is 15.3. The lowest BCUT2D eigenvalue weighted by atomic mass is 9.98. The highest BCUT2D eigenvalue weighted by atomic mass is 16.5. The fourth-order valence-corrected chi connectivity index (χ4v) is 7.62. The molecule has 0 spiro atoms. The van der Waals surface area contributed by atoms with E-state index in [9.17, 15) is 19.5 Å². The third-order valence-electron chi connectivity index (χ3n) is 10.5. The number of likely N-dealkylation sites (tertiary alicyclic amines) is 1. The lowest BCUT2D eigenvalue weighted by Gasteiger charge is -2.36. The van der Waals surface area contributed by atoms with Gasteiger partial charge in [-0.15, -0.1) is 0 Å². The number of rotatable bonds is 12. The first-order chi connectivity index (χ1) is 26.0. The average Bonchev–Trinajstić information content (AvgIpc) is 3.88. The lowest BCUT2D eigenvalue weighted by molar-refractivity contribution is -0.149. The van der Waals surface area contributed by atoms with E-state index in [2.05, 4.69) is 4.90 Å². The Morgan fingerprint density at radius 2 is 1.26 bits per heavy atom. The Morgan fingerprint density at radius 1 is 0.759 bits per heavy atom. The van der Waals surface area contributed by atoms with Gasteiger partial charge >= 0.3 is 17.5 Å². The SMILES string of the molecule is COc1cc2c(cc1C)oc(=O)n2C(C(=O)O)C(C(=O)N(C)C(CN1CCCC1)c1ccc(-c2ccccc2)cc1)n1c(=O)oc2cc(C)c(OC)cc21. The molecule has 3 atom stereocenters. The number of carboxylic acids is 1. The maximum Gasteiger partial charge on any atom is 0.420 e. The van der Waals surface area contributed by atoms with E-state index in [1.807, 2.05) is 54.6 Å². The zero-order valence-electron chi connectivity index (χ0n) is 30.8. The second kappa shape index (κ2) is 14.7. The van der Waals surface area contributed by atoms with Crippen LogP contribution < -0.4 is 21.0 Å². The van der Waals surface area contributed by atoms with Gasteiger partial charge in [0, 0.05) is 25.7 Å². The number of methoxy groups -OCH3 is 2. The van der Waals surface area contributed by atoms with Crippen LogP contribution in [0.3, 0.4) is 0 Å². The van der Waals surface area contributed by atoms with Gasteiger partial charge in [0.25, 0.3) is 0 Å². The molecule has 0 aliphatic carbocycles. The molecule has 1 saturated heterocycles. The van der Waals surface area contributed by atoms with Crippen molar-refractivity contribution < 1.29 is 33.0 Å². The van der Waals surface area contributed by atoms with Crippen LogP contribution in [0.25, 0.3) is 33.3 Å². The molecule has 54 heavy (non-hydrogen) atoms. The summed E-state index contributed by atoms with van der Waals surface area (Å²) in [4.78, 5) is 60.4. The number of ether oxygens (including phenoxy) is 2. The molecular formula is C41H42N4O9. The van der Waals surface area contributed by atoms with Gasteiger partial charge in [-0.25, -0.2) is 14.4 Å². The number of oxazole rings is 2. The Bertz CT molecular complexity index is 2450. The number of aliphatic carboxylic acids is 1. The number of hydrogen-bond donors (Lipinski definition) is 1. The summed E-state index contributed by atoms with van der Waals surface area (Å²) >= 11 is 0. The first kappa shape index (κ1) is 36.3. The van der Waals surface area contributed by atoms with E-state index in [4.69, 9.17) is 18.3 Å². The summed E-state index contributed by atoms with van der Waals surface area (Å²) in [6.07, 6.45) is 2.02. The van der Waals surface area contributed by atoms with Gasteiger partial charge < -0.3 is 33.2 Å². The number of fused-ring (bicyclic) bond motifs is 2. The molecule has 2 aromatic heterocycles. The third-order valence-corrected chi connectivity index (χ3v) is 10.5. The van der Waals surface area contributed by atoms with Crippen molar-refractivity contribution in [2.75, 3.05) is 40.9 Å². The van der Waals surface area contributed by atoms with Crippen LogP contribution in [0.1, 0.15) is 47.7 Å². The van der Waals surface area contributed by atoms with Gasteiger partial charge in [0.1, 0.15) is 11.5 Å². The molecule has 0 radical (unpaired) electrons. The quantitative estimate of drug-likeness (QED) is 0.160. The number of amides is 1. The highest BCUT2D eigenvalue weighted by Gasteiger charge is 2.44. The number of benzene rings is 4. The molecule has 1 aliphatic rings. The first-order valence-corrected chi connectivity index (χ1v) is 17.8. The molecule has 13 nitrogen and oxygen atoms in total. The summed E-state index contributed by atoms with van der Waals surface area (Å²) in [6.45, 7) is 5.65. The molecule has 1 amide bonds. The number of aromatic nitrogens is 2. The molecule has 1 N–H and O–H groups in total. The fourth-order valence-electron chi connectivity index (χ4n) is 7.62. The average molecular weight is 735 g/mol. The van der Waals surface area contributed by atoms with Crippen molar-refractivity contribution in [3.8, 4) is 22.6 Å². The lowest BCUT2D eigenvalue weighted by Crippen LogP contribution is -2.48. The summed E-state index contributed by atoms with van der Waals surface area (Å²) < 4.78 is 24.2. The van der Waals surface area contributed by atoms with Crippen LogP contribution in [-0.2, 0) is 9.59 Å². The summed E-state index contributed by atoms with van der Waals surface area (Å²) in [5.41, 5.74) is 4.57. The van der Waals surface area contributed by atoms with E-state index in [0.29, 0.717) is 29.2 Å². The normalized spacial score (nSPS) is 15.0. The van der Waals surface area contributed by atoms with Gasteiger partial charge in [0.2, 0.25) is 5.91 Å². The predicted octanol–water partition coefficient (Wildman–Crippen LogP) is 5.97. The predicted molar refractivity (Wildman–Crippen MR) is 202 cm³/mol. The molecule has 4 aromatic carbocycles. The van der Waals surface area contributed by atoms with E-state index in [1.165, 1.54) is 31.3 Å². The van der Waals surface area contributed by atoms with Crippen molar-refractivity contribution in [3.05, 3.63) is 117 Å². The van der Waals surface area contributed by atoms with Gasteiger partial charge in [-0.3, -0.25) is 13.9 Å². The van der Waals surface area contributed by atoms with E-state index >= 15 is 4.79 Å². The molecule has 1 fully saturated rings. The highest BCUT2D eigenvalue weighted by Crippen LogP contribution is 2.37. The van der Waals surface area contributed by atoms with E-state index in [1.54, 1.807) is 33.0 Å². The van der Waals surface area contributed by atoms with Gasteiger partial charge in [0.15, 0.2) is 23.2 Å². The number of carboxylic acid groups (broad SMARTS) is 1. The smallest absolute Gasteiger partial charge is 0.420 e. The standard InChI is InChI=1S/C41H42N4O9/c1-24-19-34-29(21-32(24)51-4)44(40(49)53-34)36(37(39(47)48)45-30-22-33(52-5)25(2)20-35(30)54-41(45)50)38(46)42(3)31(23-43-17-9-10-18-43)28-15-13-27(14-16-28)26-11-7-6-8-12-26/h6-8,11-16,19-22,31,36-37H,9-10,17-18,23H2,1-5H3,(H,47,48). The van der Waals surface area contributed by atoms with Gasteiger partial charge in [0.05, 0.1) is 31.3 Å². The van der Waals surface area contributed by atoms with Crippen LogP contribution in [0, 0.1) is 13.8 Å². The highest BCUT2D eigenvalue weighted by molar-refractivity contribution is 5.91. The van der Waals surface area contributed by atoms with Crippen molar-refractivity contribution in [2.24, 2.45) is 0 Å². The third kappa shape index (κ3) is 6.55. The Kier molecular flexibility index (Phi) is 9.91. The van der Waals surface area contributed by atoms with E-state index in [-0.39, 0.29) is 22.2 Å². The fraction of sp³-hybridized carbons (Fsp3) is 0.317. The summed E-state index contributed by atoms with van der Waals surface area (Å²) in [6, 6.07) is 19.6. The van der Waals surface area contributed by atoms with E-state index < -0.39 is 41.5 Å². The minimum absolute atomic E-state index is 0.0784. The number of likely N-dealkylation sites (N-methyl/N-ethyl adjacent to an activating group) is 1. The summed E-state index contributed by atoms with van der Waals surface area (Å²) in [5, 5.41) is 11.1. The Morgan fingerprint density at radius 3 is 1.76 bits per heavy atom. The zero-order chi connectivity index (χ0) is 38.3. The molecule has 280 valence electrons. The second-order valence-corrected chi connectivity index (χ2v) is 13.7. The monoisotopic (exact) mass is 734 g/mol. The topological polar surface area (TPSA) is 150 Å². The van der Waals surface area contributed by atoms with Crippen molar-refractivity contribution in [1.29, 1.82) is 0 Å². The number of aryl methyl sites for hydroxylation is 2. The molecule has 7 rings (SSSR count). The molecule has 1 aliphatic heterocycles. The van der Waals surface area contributed by atoms with Crippen molar-refractivity contribution in [3.63, 3.8) is 0 Å². The maximum atomic E-state index is 15.3. The van der Waals surface area contributed by atoms with Crippen molar-refractivity contribution in [2.45, 2.75) is 44.8 Å². The van der Waals surface area contributed by atoms with Crippen LogP contribution >= 0.6 is 0 Å². The van der Waals surface area contributed by atoms with Crippen LogP contribution in [-0.4, -0.2) is 76.8 Å². The molecular weight excluding hydrogens is 692 g/mol. The minimum atomic E-state index is -1.97. The Hall–Kier alpha value is -6.08. The minimum Gasteiger partial charge on any atom is -0.496 e. The molecule has 13 heteroatoms. The van der Waals surface area contributed by atoms with Gasteiger partial charge in [-0.2, -0.15) is 0 Å². The van der Waals surface area contributed by atoms with Crippen LogP contribution in [0.5, 0.6) is 11.5 Å². The van der Waals surface area contributed by atoms with Crippen molar-refractivity contribution in [1.82, 2.24) is 18.9 Å². The van der Waals surface area contributed by atoms with Crippen molar-refractivity contribution >= 4 is 34.1 Å². The molecule has 0 bridgehead atoms. The number of hydrogen-bond acceptors (Lipinski definition) is 9. The van der Waals surface area contributed by atoms with Crippen LogP contribution in [0.2, 0.25) is 0 Å². The Labute approximate surface area is 310 Å². The van der Waals surface area contributed by atoms with Gasteiger partial charge in [-0.1, -0.05) is 54.6 Å². The molecule has 3 unspecified atom stereocenters. The molecule has 6 aromatic rings. The number of nitrogens with zero attached hydrogens (tertiary/aromatic N) is 4. The number of carbonyl (C=O) groups is 2.